The zero-order valence-electron chi connectivity index (χ0n) is 8.44. The molecule has 2 aliphatic rings. The molecule has 1 aliphatic heterocycles. The minimum atomic E-state index is 0.0203. The molecule has 0 bridgehead atoms. The van der Waals surface area contributed by atoms with Crippen LogP contribution in [0.5, 0.6) is 0 Å². The van der Waals surface area contributed by atoms with E-state index in [1.165, 1.54) is 0 Å². The van der Waals surface area contributed by atoms with E-state index in [4.69, 9.17) is 0 Å². The maximum absolute atomic E-state index is 11.9. The minimum Gasteiger partial charge on any atom is -0.360 e. The fourth-order valence-corrected chi connectivity index (χ4v) is 1.75. The molecule has 1 aliphatic carbocycles. The fraction of sp³-hybridized carbons (Fsp3) is 0.600. The molecule has 5 heteroatoms. The summed E-state index contributed by atoms with van der Waals surface area (Å²) in [5.74, 6) is 0.496. The SMILES string of the molecule is O=c1c(NC2CNC2)nccn1C1CC1. The van der Waals surface area contributed by atoms with E-state index in [1.807, 2.05) is 0 Å². The van der Waals surface area contributed by atoms with Crippen molar-refractivity contribution in [3.63, 3.8) is 0 Å². The van der Waals surface area contributed by atoms with Crippen LogP contribution in [0.3, 0.4) is 0 Å². The lowest BCUT2D eigenvalue weighted by Crippen LogP contribution is -2.52. The first-order chi connectivity index (χ1) is 7.34. The maximum Gasteiger partial charge on any atom is 0.293 e. The molecule has 1 saturated carbocycles. The van der Waals surface area contributed by atoms with Crippen molar-refractivity contribution in [2.75, 3.05) is 18.4 Å². The highest BCUT2D eigenvalue weighted by Gasteiger charge is 2.26. The van der Waals surface area contributed by atoms with Gasteiger partial charge in [-0.1, -0.05) is 0 Å². The normalized spacial score (nSPS) is 21.1. The van der Waals surface area contributed by atoms with E-state index >= 15 is 0 Å². The molecule has 80 valence electrons. The van der Waals surface area contributed by atoms with Crippen molar-refractivity contribution < 1.29 is 0 Å². The van der Waals surface area contributed by atoms with Crippen molar-refractivity contribution in [1.82, 2.24) is 14.9 Å². The summed E-state index contributed by atoms with van der Waals surface area (Å²) in [5, 5.41) is 6.31. The molecule has 15 heavy (non-hydrogen) atoms. The molecule has 3 rings (SSSR count). The molecule has 0 radical (unpaired) electrons. The van der Waals surface area contributed by atoms with Crippen molar-refractivity contribution in [2.45, 2.75) is 24.9 Å². The predicted octanol–water partition coefficient (Wildman–Crippen LogP) is -0.0381. The van der Waals surface area contributed by atoms with Crippen LogP contribution in [-0.4, -0.2) is 28.7 Å². The second-order valence-electron chi connectivity index (χ2n) is 4.22. The number of rotatable bonds is 3. The van der Waals surface area contributed by atoms with Crippen molar-refractivity contribution >= 4 is 5.82 Å². The third kappa shape index (κ3) is 1.63. The summed E-state index contributed by atoms with van der Waals surface area (Å²) in [6.07, 6.45) is 5.72. The van der Waals surface area contributed by atoms with Gasteiger partial charge in [0, 0.05) is 31.5 Å². The standard InChI is InChI=1S/C10H14N4O/c15-10-9(13-7-5-11-6-7)12-3-4-14(10)8-1-2-8/h3-4,7-8,11H,1-2,5-6H2,(H,12,13). The van der Waals surface area contributed by atoms with Crippen molar-refractivity contribution in [3.05, 3.63) is 22.7 Å². The fourth-order valence-electron chi connectivity index (χ4n) is 1.75. The first-order valence-corrected chi connectivity index (χ1v) is 5.39. The molecule has 0 spiro atoms. The van der Waals surface area contributed by atoms with Gasteiger partial charge in [0.15, 0.2) is 5.82 Å². The Balaban J connectivity index is 1.86. The summed E-state index contributed by atoms with van der Waals surface area (Å²) in [7, 11) is 0. The lowest BCUT2D eigenvalue weighted by molar-refractivity contribution is 0.470. The number of nitrogens with one attached hydrogen (secondary N) is 2. The topological polar surface area (TPSA) is 59.0 Å². The van der Waals surface area contributed by atoms with Gasteiger partial charge in [-0.15, -0.1) is 0 Å². The third-order valence-corrected chi connectivity index (χ3v) is 2.93. The van der Waals surface area contributed by atoms with E-state index in [1.54, 1.807) is 17.0 Å². The van der Waals surface area contributed by atoms with Crippen LogP contribution in [0.2, 0.25) is 0 Å². The number of anilines is 1. The van der Waals surface area contributed by atoms with Gasteiger partial charge in [0.05, 0.1) is 6.04 Å². The van der Waals surface area contributed by atoms with Gasteiger partial charge < -0.3 is 15.2 Å². The lowest BCUT2D eigenvalue weighted by atomic mass is 10.2. The largest absolute Gasteiger partial charge is 0.360 e. The van der Waals surface area contributed by atoms with E-state index in [9.17, 15) is 4.79 Å². The molecule has 2 fully saturated rings. The second kappa shape index (κ2) is 3.34. The van der Waals surface area contributed by atoms with Gasteiger partial charge in [-0.05, 0) is 12.8 Å². The summed E-state index contributed by atoms with van der Waals surface area (Å²) < 4.78 is 1.79. The van der Waals surface area contributed by atoms with Crippen LogP contribution >= 0.6 is 0 Å². The first-order valence-electron chi connectivity index (χ1n) is 5.39. The lowest BCUT2D eigenvalue weighted by Gasteiger charge is -2.28. The Morgan fingerprint density at radius 2 is 2.27 bits per heavy atom. The van der Waals surface area contributed by atoms with E-state index in [0.29, 0.717) is 17.9 Å². The average molecular weight is 206 g/mol. The summed E-state index contributed by atoms with van der Waals surface area (Å²) in [4.78, 5) is 16.0. The summed E-state index contributed by atoms with van der Waals surface area (Å²) in [6, 6.07) is 0.779. The van der Waals surface area contributed by atoms with Gasteiger partial charge >= 0.3 is 0 Å². The van der Waals surface area contributed by atoms with Gasteiger partial charge in [-0.25, -0.2) is 4.98 Å². The number of hydrogen-bond acceptors (Lipinski definition) is 4. The van der Waals surface area contributed by atoms with Gasteiger partial charge in [0.2, 0.25) is 0 Å². The summed E-state index contributed by atoms with van der Waals surface area (Å²) >= 11 is 0. The molecule has 1 aromatic heterocycles. The van der Waals surface area contributed by atoms with Gasteiger partial charge in [-0.2, -0.15) is 0 Å². The highest BCUT2D eigenvalue weighted by Crippen LogP contribution is 2.33. The number of aromatic nitrogens is 2. The van der Waals surface area contributed by atoms with E-state index in [2.05, 4.69) is 15.6 Å². The predicted molar refractivity (Wildman–Crippen MR) is 57.0 cm³/mol. The molecule has 1 aromatic rings. The Bertz CT molecular complexity index is 420. The monoisotopic (exact) mass is 206 g/mol. The molecule has 2 N–H and O–H groups in total. The van der Waals surface area contributed by atoms with Crippen LogP contribution in [0.4, 0.5) is 5.82 Å². The number of nitrogens with zero attached hydrogens (tertiary/aromatic N) is 2. The van der Waals surface area contributed by atoms with Gasteiger partial charge in [-0.3, -0.25) is 4.79 Å². The molecule has 1 saturated heterocycles. The Morgan fingerprint density at radius 1 is 1.47 bits per heavy atom. The molecule has 0 atom stereocenters. The molecular weight excluding hydrogens is 192 g/mol. The minimum absolute atomic E-state index is 0.0203. The first kappa shape index (κ1) is 8.91. The van der Waals surface area contributed by atoms with Crippen LogP contribution in [0.1, 0.15) is 18.9 Å². The van der Waals surface area contributed by atoms with Crippen LogP contribution in [-0.2, 0) is 0 Å². The molecular formula is C10H14N4O. The van der Waals surface area contributed by atoms with Gasteiger partial charge in [0.1, 0.15) is 0 Å². The van der Waals surface area contributed by atoms with E-state index in [0.717, 1.165) is 25.9 Å². The quantitative estimate of drug-likeness (QED) is 0.728. The summed E-state index contributed by atoms with van der Waals surface area (Å²) in [6.45, 7) is 1.83. The Hall–Kier alpha value is -1.36. The second-order valence-corrected chi connectivity index (χ2v) is 4.22. The van der Waals surface area contributed by atoms with Crippen LogP contribution < -0.4 is 16.2 Å². The molecule has 2 heterocycles. The van der Waals surface area contributed by atoms with E-state index in [-0.39, 0.29) is 5.56 Å². The average Bonchev–Trinajstić information content (AvgIpc) is 2.97. The van der Waals surface area contributed by atoms with Crippen LogP contribution in [0.15, 0.2) is 17.2 Å². The number of hydrogen-bond donors (Lipinski definition) is 2. The molecule has 0 aromatic carbocycles. The molecule has 5 nitrogen and oxygen atoms in total. The highest BCUT2D eigenvalue weighted by molar-refractivity contribution is 5.33. The van der Waals surface area contributed by atoms with Crippen LogP contribution in [0.25, 0.3) is 0 Å². The smallest absolute Gasteiger partial charge is 0.293 e. The Morgan fingerprint density at radius 3 is 2.87 bits per heavy atom. The van der Waals surface area contributed by atoms with Crippen molar-refractivity contribution in [1.29, 1.82) is 0 Å². The maximum atomic E-state index is 11.9. The highest BCUT2D eigenvalue weighted by atomic mass is 16.1. The van der Waals surface area contributed by atoms with Crippen molar-refractivity contribution in [2.24, 2.45) is 0 Å². The molecule has 0 amide bonds. The summed E-state index contributed by atoms with van der Waals surface area (Å²) in [5.41, 5.74) is 0.0203. The van der Waals surface area contributed by atoms with E-state index < -0.39 is 0 Å². The molecule has 0 unspecified atom stereocenters. The van der Waals surface area contributed by atoms with Gasteiger partial charge in [0.25, 0.3) is 5.56 Å². The van der Waals surface area contributed by atoms with Crippen LogP contribution in [0, 0.1) is 0 Å². The Kier molecular flexibility index (Phi) is 1.98. The third-order valence-electron chi connectivity index (χ3n) is 2.93. The zero-order valence-corrected chi connectivity index (χ0v) is 8.44. The zero-order chi connectivity index (χ0) is 10.3. The van der Waals surface area contributed by atoms with Crippen molar-refractivity contribution in [3.8, 4) is 0 Å². The Labute approximate surface area is 87.5 Å².